The van der Waals surface area contributed by atoms with E-state index in [0.717, 1.165) is 18.6 Å². The van der Waals surface area contributed by atoms with E-state index in [9.17, 15) is 9.59 Å². The van der Waals surface area contributed by atoms with E-state index in [1.807, 2.05) is 0 Å². The normalized spacial score (nSPS) is 27.4. The number of hydrazone groups is 1. The van der Waals surface area contributed by atoms with Crippen LogP contribution >= 0.6 is 0 Å². The van der Waals surface area contributed by atoms with Gasteiger partial charge in [0.05, 0.1) is 6.61 Å². The van der Waals surface area contributed by atoms with E-state index in [2.05, 4.69) is 36.6 Å². The highest BCUT2D eigenvalue weighted by Crippen LogP contribution is 2.63. The van der Waals surface area contributed by atoms with Crippen molar-refractivity contribution in [1.82, 2.24) is 5.43 Å². The second-order valence-electron chi connectivity index (χ2n) is 7.92. The summed E-state index contributed by atoms with van der Waals surface area (Å²) in [4.78, 5) is 24.0. The molecule has 2 fully saturated rings. The molecule has 6 heteroatoms. The summed E-state index contributed by atoms with van der Waals surface area (Å²) in [6, 6.07) is 6.72. The molecule has 3 rings (SSSR count). The minimum absolute atomic E-state index is 0.0538. The highest BCUT2D eigenvalue weighted by atomic mass is 16.5. The third-order valence-corrected chi connectivity index (χ3v) is 6.45. The van der Waals surface area contributed by atoms with Crippen LogP contribution in [0.1, 0.15) is 57.3 Å². The van der Waals surface area contributed by atoms with Gasteiger partial charge in [0.2, 0.25) is 0 Å². The average molecular weight is 357 g/mol. The molecule has 1 aromatic rings. The summed E-state index contributed by atoms with van der Waals surface area (Å²) in [5.74, 6) is 0.356. The zero-order valence-corrected chi connectivity index (χ0v) is 15.9. The maximum Gasteiger partial charge on any atom is 0.411 e. The number of nitrogens with zero attached hydrogens (tertiary/aromatic N) is 1. The molecule has 0 radical (unpaired) electrons. The van der Waals surface area contributed by atoms with Gasteiger partial charge < -0.3 is 4.74 Å². The van der Waals surface area contributed by atoms with Crippen molar-refractivity contribution in [1.29, 1.82) is 0 Å². The number of anilines is 1. The Kier molecular flexibility index (Phi) is 4.78. The number of carbonyl (C=O) groups excluding carboxylic acids is 2. The van der Waals surface area contributed by atoms with Crippen LogP contribution in [-0.4, -0.2) is 24.3 Å². The van der Waals surface area contributed by atoms with Gasteiger partial charge in [-0.05, 0) is 55.7 Å². The minimum Gasteiger partial charge on any atom is -0.450 e. The summed E-state index contributed by atoms with van der Waals surface area (Å²) < 4.78 is 4.85. The molecule has 0 aromatic heterocycles. The lowest BCUT2D eigenvalue weighted by Crippen LogP contribution is -2.34. The molecule has 2 atom stereocenters. The number of benzene rings is 1. The molecule has 0 aliphatic heterocycles. The first-order valence-electron chi connectivity index (χ1n) is 9.19. The molecule has 1 aromatic carbocycles. The minimum atomic E-state index is -0.539. The van der Waals surface area contributed by atoms with E-state index < -0.39 is 6.09 Å². The van der Waals surface area contributed by atoms with Gasteiger partial charge in [-0.15, -0.1) is 0 Å². The second-order valence-corrected chi connectivity index (χ2v) is 7.92. The van der Waals surface area contributed by atoms with Crippen LogP contribution in [-0.2, 0) is 4.74 Å². The standard InChI is InChI=1S/C20H27N3O3/c1-5-26-18(25)21-15-8-6-7-13(11-15)17(24)23-22-16-12-14-9-10-20(16,4)19(14,2)3/h6-8,11,14H,5,9-10,12H2,1-4H3,(H,21,25)(H,23,24)/b22-16-/t14-,20-/m0/s1. The summed E-state index contributed by atoms with van der Waals surface area (Å²) in [6.07, 6.45) is 2.77. The van der Waals surface area contributed by atoms with Crippen LogP contribution in [0.5, 0.6) is 0 Å². The topological polar surface area (TPSA) is 79.8 Å². The zero-order chi connectivity index (χ0) is 18.9. The predicted octanol–water partition coefficient (Wildman–Crippen LogP) is 4.19. The van der Waals surface area contributed by atoms with Gasteiger partial charge in [0.1, 0.15) is 0 Å². The van der Waals surface area contributed by atoms with E-state index in [-0.39, 0.29) is 16.7 Å². The fourth-order valence-corrected chi connectivity index (χ4v) is 4.30. The number of fused-ring (bicyclic) bond motifs is 2. The molecular formula is C20H27N3O3. The molecular weight excluding hydrogens is 330 g/mol. The Morgan fingerprint density at radius 2 is 2.08 bits per heavy atom. The first-order valence-corrected chi connectivity index (χ1v) is 9.19. The molecule has 0 heterocycles. The molecule has 2 bridgehead atoms. The Hall–Kier alpha value is -2.37. The van der Waals surface area contributed by atoms with E-state index in [1.54, 1.807) is 31.2 Å². The lowest BCUT2D eigenvalue weighted by atomic mass is 9.70. The highest BCUT2D eigenvalue weighted by Gasteiger charge is 2.60. The molecule has 0 unspecified atom stereocenters. The van der Waals surface area contributed by atoms with Crippen molar-refractivity contribution in [2.24, 2.45) is 21.8 Å². The van der Waals surface area contributed by atoms with Crippen molar-refractivity contribution in [3.63, 3.8) is 0 Å². The summed E-state index contributed by atoms with van der Waals surface area (Å²) in [6.45, 7) is 8.90. The second kappa shape index (κ2) is 6.74. The van der Waals surface area contributed by atoms with Crippen molar-refractivity contribution in [3.8, 4) is 0 Å². The number of hydrogen-bond acceptors (Lipinski definition) is 4. The van der Waals surface area contributed by atoms with Crippen molar-refractivity contribution in [2.75, 3.05) is 11.9 Å². The van der Waals surface area contributed by atoms with Crippen molar-refractivity contribution < 1.29 is 14.3 Å². The Morgan fingerprint density at radius 1 is 1.31 bits per heavy atom. The number of rotatable bonds is 4. The lowest BCUT2D eigenvalue weighted by Gasteiger charge is -2.34. The first kappa shape index (κ1) is 18.4. The Balaban J connectivity index is 1.69. The monoisotopic (exact) mass is 357 g/mol. The fourth-order valence-electron chi connectivity index (χ4n) is 4.30. The largest absolute Gasteiger partial charge is 0.450 e. The predicted molar refractivity (Wildman–Crippen MR) is 101 cm³/mol. The maximum atomic E-state index is 12.5. The third kappa shape index (κ3) is 3.08. The highest BCUT2D eigenvalue weighted by molar-refractivity contribution is 5.99. The van der Waals surface area contributed by atoms with Gasteiger partial charge in [-0.25, -0.2) is 10.2 Å². The average Bonchev–Trinajstić information content (AvgIpc) is 2.93. The molecule has 2 aliphatic carbocycles. The van der Waals surface area contributed by atoms with E-state index in [0.29, 0.717) is 23.8 Å². The Morgan fingerprint density at radius 3 is 2.69 bits per heavy atom. The van der Waals surface area contributed by atoms with E-state index >= 15 is 0 Å². The quantitative estimate of drug-likeness (QED) is 0.793. The molecule has 140 valence electrons. The molecule has 2 aliphatic rings. The lowest BCUT2D eigenvalue weighted by molar-refractivity contribution is 0.0953. The number of ether oxygens (including phenoxy) is 1. The van der Waals surface area contributed by atoms with Crippen LogP contribution in [0.2, 0.25) is 0 Å². The molecule has 2 amide bonds. The van der Waals surface area contributed by atoms with Crippen LogP contribution in [0, 0.1) is 16.7 Å². The summed E-state index contributed by atoms with van der Waals surface area (Å²) in [5.41, 5.74) is 5.02. The number of carbonyl (C=O) groups is 2. The van der Waals surface area contributed by atoms with Crippen LogP contribution in [0.4, 0.5) is 10.5 Å². The Labute approximate surface area is 154 Å². The number of nitrogens with one attached hydrogen (secondary N) is 2. The molecule has 6 nitrogen and oxygen atoms in total. The summed E-state index contributed by atoms with van der Waals surface area (Å²) >= 11 is 0. The maximum absolute atomic E-state index is 12.5. The fraction of sp³-hybridized carbons (Fsp3) is 0.550. The van der Waals surface area contributed by atoms with Crippen molar-refractivity contribution >= 4 is 23.4 Å². The van der Waals surface area contributed by atoms with E-state index in [1.165, 1.54) is 6.42 Å². The molecule has 0 spiro atoms. The van der Waals surface area contributed by atoms with Crippen molar-refractivity contribution in [2.45, 2.75) is 47.0 Å². The van der Waals surface area contributed by atoms with E-state index in [4.69, 9.17) is 4.74 Å². The van der Waals surface area contributed by atoms with Crippen LogP contribution in [0.25, 0.3) is 0 Å². The van der Waals surface area contributed by atoms with Gasteiger partial charge >= 0.3 is 6.09 Å². The summed E-state index contributed by atoms with van der Waals surface area (Å²) in [5, 5.41) is 7.07. The molecule has 26 heavy (non-hydrogen) atoms. The van der Waals surface area contributed by atoms with Gasteiger partial charge in [0.25, 0.3) is 5.91 Å². The van der Waals surface area contributed by atoms with Gasteiger partial charge in [-0.1, -0.05) is 26.8 Å². The molecule has 2 N–H and O–H groups in total. The van der Waals surface area contributed by atoms with Crippen LogP contribution in [0.15, 0.2) is 29.4 Å². The van der Waals surface area contributed by atoms with Crippen LogP contribution in [0.3, 0.4) is 0 Å². The smallest absolute Gasteiger partial charge is 0.411 e. The summed E-state index contributed by atoms with van der Waals surface area (Å²) in [7, 11) is 0. The van der Waals surface area contributed by atoms with Gasteiger partial charge in [0, 0.05) is 22.4 Å². The molecule has 0 saturated heterocycles. The van der Waals surface area contributed by atoms with Gasteiger partial charge in [0.15, 0.2) is 0 Å². The molecule has 2 saturated carbocycles. The Bertz CT molecular complexity index is 756. The SMILES string of the molecule is CCOC(=O)Nc1cccc(C(=O)N/N=C2/C[C@@H]3CC[C@]2(C)C3(C)C)c1. The number of amides is 2. The van der Waals surface area contributed by atoms with Gasteiger partial charge in [-0.2, -0.15) is 5.10 Å². The third-order valence-electron chi connectivity index (χ3n) is 6.45. The number of hydrogen-bond donors (Lipinski definition) is 2. The zero-order valence-electron chi connectivity index (χ0n) is 15.9. The van der Waals surface area contributed by atoms with Gasteiger partial charge in [-0.3, -0.25) is 10.1 Å². The first-order chi connectivity index (χ1) is 12.3. The van der Waals surface area contributed by atoms with Crippen molar-refractivity contribution in [3.05, 3.63) is 29.8 Å². The van der Waals surface area contributed by atoms with Crippen LogP contribution < -0.4 is 10.7 Å².